The molecule has 1 aromatic carbocycles. The zero-order valence-electron chi connectivity index (χ0n) is 19.3. The van der Waals surface area contributed by atoms with Crippen LogP contribution in [0.5, 0.6) is 0 Å². The number of hydrogen-bond donors (Lipinski definition) is 0. The Labute approximate surface area is 186 Å². The topological polar surface area (TPSA) is 32.8 Å². The number of nitrogens with zero attached hydrogens (tertiary/aromatic N) is 2. The molecule has 30 heavy (non-hydrogen) atoms. The highest BCUT2D eigenvalue weighted by molar-refractivity contribution is 7.99. The van der Waals surface area contributed by atoms with Gasteiger partial charge in [0.25, 0.3) is 0 Å². The van der Waals surface area contributed by atoms with E-state index in [9.17, 15) is 4.79 Å². The second-order valence-electron chi connectivity index (χ2n) is 11.0. The molecule has 0 aromatic heterocycles. The molecule has 4 aliphatic heterocycles. The van der Waals surface area contributed by atoms with E-state index in [-0.39, 0.29) is 17.2 Å². The van der Waals surface area contributed by atoms with Crippen molar-refractivity contribution in [2.75, 3.05) is 25.4 Å². The van der Waals surface area contributed by atoms with Crippen LogP contribution in [0.15, 0.2) is 35.2 Å². The van der Waals surface area contributed by atoms with Crippen LogP contribution in [0.25, 0.3) is 0 Å². The monoisotopic (exact) mass is 430 g/mol. The molecule has 5 rings (SSSR count). The number of piperazine rings is 1. The van der Waals surface area contributed by atoms with Crippen molar-refractivity contribution in [2.45, 2.75) is 81.9 Å². The Morgan fingerprint density at radius 3 is 2.63 bits per heavy atom. The van der Waals surface area contributed by atoms with Gasteiger partial charge in [0.1, 0.15) is 5.60 Å². The van der Waals surface area contributed by atoms with E-state index in [0.29, 0.717) is 11.8 Å². The van der Waals surface area contributed by atoms with Crippen molar-refractivity contribution in [2.24, 2.45) is 11.8 Å². The number of hydrogen-bond acceptors (Lipinski definition) is 4. The van der Waals surface area contributed by atoms with E-state index in [1.807, 2.05) is 32.5 Å². The normalized spacial score (nSPS) is 31.3. The van der Waals surface area contributed by atoms with Crippen LogP contribution in [0.3, 0.4) is 0 Å². The van der Waals surface area contributed by atoms with Gasteiger partial charge in [-0.2, -0.15) is 0 Å². The van der Waals surface area contributed by atoms with E-state index in [0.717, 1.165) is 25.3 Å². The summed E-state index contributed by atoms with van der Waals surface area (Å²) in [6.07, 6.45) is 4.59. The van der Waals surface area contributed by atoms with Crippen LogP contribution < -0.4 is 0 Å². The van der Waals surface area contributed by atoms with Crippen LogP contribution in [-0.2, 0) is 4.74 Å². The maximum atomic E-state index is 13.5. The van der Waals surface area contributed by atoms with Gasteiger partial charge in [0.2, 0.25) is 0 Å². The van der Waals surface area contributed by atoms with E-state index < -0.39 is 5.60 Å². The van der Waals surface area contributed by atoms with Gasteiger partial charge < -0.3 is 4.74 Å². The Bertz CT molecular complexity index is 762. The number of ether oxygens (including phenoxy) is 1. The van der Waals surface area contributed by atoms with Crippen molar-refractivity contribution >= 4 is 17.9 Å². The third-order valence-corrected chi connectivity index (χ3v) is 8.33. The summed E-state index contributed by atoms with van der Waals surface area (Å²) in [4.78, 5) is 19.7. The summed E-state index contributed by atoms with van der Waals surface area (Å²) in [5, 5.41) is 0. The Kier molecular flexibility index (Phi) is 5.91. The van der Waals surface area contributed by atoms with E-state index in [4.69, 9.17) is 4.74 Å². The highest BCUT2D eigenvalue weighted by Gasteiger charge is 2.64. The van der Waals surface area contributed by atoms with Crippen LogP contribution in [0.4, 0.5) is 4.79 Å². The number of fused-ring (bicyclic) bond motifs is 2. The maximum Gasteiger partial charge on any atom is 0.410 e. The molecule has 4 saturated heterocycles. The second kappa shape index (κ2) is 8.05. The standard InChI is InChI=1S/C25H38N2O2S/c1-19(2)14-25-18-26-13-9-12-24(26,17-27(25)22(28)29-23(3,4)5)15-20(25)16-30-21-10-7-6-8-11-21/h6-8,10-11,19-20H,9,12-18H2,1-5H3/t20-,24-,25+/m1/s1. The highest BCUT2D eigenvalue weighted by atomic mass is 32.2. The van der Waals surface area contributed by atoms with Crippen LogP contribution >= 0.6 is 11.8 Å². The van der Waals surface area contributed by atoms with Crippen LogP contribution in [-0.4, -0.2) is 58.0 Å². The molecule has 4 fully saturated rings. The van der Waals surface area contributed by atoms with Gasteiger partial charge in [0.15, 0.2) is 0 Å². The second-order valence-corrected chi connectivity index (χ2v) is 12.1. The largest absolute Gasteiger partial charge is 0.444 e. The summed E-state index contributed by atoms with van der Waals surface area (Å²) < 4.78 is 5.95. The lowest BCUT2D eigenvalue weighted by molar-refractivity contribution is -0.149. The number of rotatable bonds is 5. The molecule has 1 amide bonds. The molecular formula is C25H38N2O2S. The lowest BCUT2D eigenvalue weighted by atomic mass is 9.63. The first-order valence-corrected chi connectivity index (χ1v) is 12.6. The summed E-state index contributed by atoms with van der Waals surface area (Å²) in [6, 6.07) is 10.7. The number of piperidine rings is 2. The number of thioether (sulfide) groups is 1. The Balaban J connectivity index is 1.66. The molecule has 0 unspecified atom stereocenters. The van der Waals surface area contributed by atoms with Crippen molar-refractivity contribution in [1.29, 1.82) is 0 Å². The third kappa shape index (κ3) is 4.12. The smallest absolute Gasteiger partial charge is 0.410 e. The SMILES string of the molecule is CC(C)C[C@]12CN3CCC[C@@]3(C[C@@H]1CSc1ccccc1)CN2C(=O)OC(C)(C)C. The molecule has 5 heteroatoms. The predicted molar refractivity (Wildman–Crippen MR) is 124 cm³/mol. The molecular weight excluding hydrogens is 392 g/mol. The van der Waals surface area contributed by atoms with Gasteiger partial charge in [0, 0.05) is 29.3 Å². The minimum Gasteiger partial charge on any atom is -0.444 e. The molecule has 0 N–H and O–H groups in total. The van der Waals surface area contributed by atoms with E-state index in [1.165, 1.54) is 30.7 Å². The molecule has 0 aliphatic carbocycles. The molecule has 0 saturated carbocycles. The summed E-state index contributed by atoms with van der Waals surface area (Å²) in [6.45, 7) is 13.5. The van der Waals surface area contributed by atoms with E-state index in [2.05, 4.69) is 54.0 Å². The molecule has 3 atom stereocenters. The molecule has 1 aromatic rings. The average Bonchev–Trinajstić information content (AvgIpc) is 3.06. The van der Waals surface area contributed by atoms with Gasteiger partial charge in [-0.25, -0.2) is 4.79 Å². The molecule has 4 nitrogen and oxygen atoms in total. The fourth-order valence-electron chi connectivity index (χ4n) is 6.12. The number of carbonyl (C=O) groups is 1. The molecule has 0 radical (unpaired) electrons. The lowest BCUT2D eigenvalue weighted by Crippen LogP contribution is -2.78. The van der Waals surface area contributed by atoms with Crippen molar-refractivity contribution in [3.05, 3.63) is 30.3 Å². The minimum absolute atomic E-state index is 0.108. The number of benzene rings is 1. The third-order valence-electron chi connectivity index (χ3n) is 7.15. The van der Waals surface area contributed by atoms with Gasteiger partial charge in [0.05, 0.1) is 5.54 Å². The Hall–Kier alpha value is -1.20. The zero-order valence-corrected chi connectivity index (χ0v) is 20.1. The Morgan fingerprint density at radius 1 is 1.23 bits per heavy atom. The van der Waals surface area contributed by atoms with Crippen LogP contribution in [0, 0.1) is 11.8 Å². The summed E-state index contributed by atoms with van der Waals surface area (Å²) >= 11 is 1.95. The predicted octanol–water partition coefficient (Wildman–Crippen LogP) is 5.67. The molecule has 2 bridgehead atoms. The van der Waals surface area contributed by atoms with Gasteiger partial charge >= 0.3 is 6.09 Å². The quantitative estimate of drug-likeness (QED) is 0.564. The molecule has 1 spiro atoms. The summed E-state index contributed by atoms with van der Waals surface area (Å²) in [7, 11) is 0. The lowest BCUT2D eigenvalue weighted by Gasteiger charge is -2.66. The molecule has 166 valence electrons. The highest BCUT2D eigenvalue weighted by Crippen LogP contribution is 2.55. The van der Waals surface area contributed by atoms with Crippen molar-refractivity contribution in [3.63, 3.8) is 0 Å². The van der Waals surface area contributed by atoms with E-state index in [1.54, 1.807) is 0 Å². The van der Waals surface area contributed by atoms with Gasteiger partial charge in [-0.1, -0.05) is 32.0 Å². The minimum atomic E-state index is -0.464. The molecule has 4 aliphatic rings. The zero-order chi connectivity index (χ0) is 21.6. The fraction of sp³-hybridized carbons (Fsp3) is 0.720. The van der Waals surface area contributed by atoms with Crippen molar-refractivity contribution in [1.82, 2.24) is 9.80 Å². The van der Waals surface area contributed by atoms with Gasteiger partial charge in [-0.15, -0.1) is 11.8 Å². The van der Waals surface area contributed by atoms with Crippen molar-refractivity contribution in [3.8, 4) is 0 Å². The van der Waals surface area contributed by atoms with Crippen LogP contribution in [0.1, 0.15) is 60.3 Å². The average molecular weight is 431 g/mol. The fourth-order valence-corrected chi connectivity index (χ4v) is 7.29. The Morgan fingerprint density at radius 2 is 1.97 bits per heavy atom. The first-order valence-electron chi connectivity index (χ1n) is 11.6. The summed E-state index contributed by atoms with van der Waals surface area (Å²) in [5.41, 5.74) is -0.448. The first-order chi connectivity index (χ1) is 14.1. The maximum absolute atomic E-state index is 13.5. The number of carbonyl (C=O) groups excluding carboxylic acids is 1. The van der Waals surface area contributed by atoms with Crippen LogP contribution in [0.2, 0.25) is 0 Å². The number of amides is 1. The van der Waals surface area contributed by atoms with Gasteiger partial charge in [-0.05, 0) is 77.0 Å². The van der Waals surface area contributed by atoms with Gasteiger partial charge in [-0.3, -0.25) is 9.80 Å². The van der Waals surface area contributed by atoms with E-state index >= 15 is 0 Å². The summed E-state index contributed by atoms with van der Waals surface area (Å²) in [5.74, 6) is 2.08. The van der Waals surface area contributed by atoms with Crippen molar-refractivity contribution < 1.29 is 9.53 Å². The first kappa shape index (κ1) is 22.0. The molecule has 4 heterocycles.